The fourth-order valence-electron chi connectivity index (χ4n) is 2.22. The minimum atomic E-state index is -0.137. The van der Waals surface area contributed by atoms with Crippen LogP contribution in [0, 0.1) is 5.92 Å². The Morgan fingerprint density at radius 1 is 1.38 bits per heavy atom. The van der Waals surface area contributed by atoms with Gasteiger partial charge in [0.25, 0.3) is 5.91 Å². The molecule has 118 valence electrons. The highest BCUT2D eigenvalue weighted by Crippen LogP contribution is 2.21. The molecule has 0 saturated heterocycles. The van der Waals surface area contributed by atoms with E-state index in [2.05, 4.69) is 24.1 Å². The molecule has 5 heteroatoms. The molecule has 1 unspecified atom stereocenters. The molecule has 21 heavy (non-hydrogen) atoms. The summed E-state index contributed by atoms with van der Waals surface area (Å²) in [5.41, 5.74) is 6.79. The van der Waals surface area contributed by atoms with Crippen molar-refractivity contribution in [2.45, 2.75) is 26.3 Å². The van der Waals surface area contributed by atoms with Crippen molar-refractivity contribution in [3.63, 3.8) is 0 Å². The van der Waals surface area contributed by atoms with Crippen LogP contribution >= 0.6 is 0 Å². The Hall–Kier alpha value is -1.75. The van der Waals surface area contributed by atoms with E-state index >= 15 is 0 Å². The number of rotatable bonds is 7. The number of nitrogen functional groups attached to an aromatic ring is 1. The zero-order valence-corrected chi connectivity index (χ0v) is 13.6. The Balaban J connectivity index is 2.72. The van der Waals surface area contributed by atoms with Crippen molar-refractivity contribution in [3.8, 4) is 5.75 Å². The maximum atomic E-state index is 12.3. The van der Waals surface area contributed by atoms with Gasteiger partial charge in [-0.05, 0) is 38.6 Å². The average molecular weight is 293 g/mol. The maximum absolute atomic E-state index is 12.3. The van der Waals surface area contributed by atoms with Gasteiger partial charge in [-0.1, -0.05) is 13.8 Å². The first-order valence-electron chi connectivity index (χ1n) is 7.23. The molecule has 3 N–H and O–H groups in total. The molecule has 0 aliphatic carbocycles. The van der Waals surface area contributed by atoms with Crippen LogP contribution in [0.3, 0.4) is 0 Å². The Morgan fingerprint density at radius 3 is 2.57 bits per heavy atom. The summed E-state index contributed by atoms with van der Waals surface area (Å²) in [6.45, 7) is 4.97. The van der Waals surface area contributed by atoms with E-state index in [1.54, 1.807) is 18.2 Å². The molecule has 0 saturated carbocycles. The van der Waals surface area contributed by atoms with Gasteiger partial charge in [-0.15, -0.1) is 0 Å². The van der Waals surface area contributed by atoms with E-state index in [0.29, 0.717) is 35.5 Å². The number of methoxy groups -OCH3 is 1. The van der Waals surface area contributed by atoms with Gasteiger partial charge in [0, 0.05) is 24.3 Å². The zero-order chi connectivity index (χ0) is 16.0. The predicted molar refractivity (Wildman–Crippen MR) is 86.7 cm³/mol. The number of nitrogens with two attached hydrogens (primary N) is 1. The number of nitrogens with zero attached hydrogens (tertiary/aromatic N) is 1. The van der Waals surface area contributed by atoms with Crippen molar-refractivity contribution in [1.29, 1.82) is 0 Å². The molecular weight excluding hydrogens is 266 g/mol. The summed E-state index contributed by atoms with van der Waals surface area (Å²) in [4.78, 5) is 14.4. The van der Waals surface area contributed by atoms with Crippen LogP contribution in [0.4, 0.5) is 5.69 Å². The number of ether oxygens (including phenoxy) is 1. The summed E-state index contributed by atoms with van der Waals surface area (Å²) in [7, 11) is 5.60. The largest absolute Gasteiger partial charge is 0.496 e. The molecule has 0 heterocycles. The summed E-state index contributed by atoms with van der Waals surface area (Å²) in [5, 5.41) is 2.98. The smallest absolute Gasteiger partial charge is 0.255 e. The lowest BCUT2D eigenvalue weighted by molar-refractivity contribution is 0.0935. The molecule has 0 aliphatic heterocycles. The van der Waals surface area contributed by atoms with Gasteiger partial charge in [-0.2, -0.15) is 0 Å². The normalized spacial score (nSPS) is 12.5. The van der Waals surface area contributed by atoms with Crippen molar-refractivity contribution in [1.82, 2.24) is 10.2 Å². The lowest BCUT2D eigenvalue weighted by atomic mass is 10.0. The van der Waals surface area contributed by atoms with Crippen LogP contribution < -0.4 is 15.8 Å². The zero-order valence-electron chi connectivity index (χ0n) is 13.6. The van der Waals surface area contributed by atoms with E-state index in [1.807, 2.05) is 14.1 Å². The van der Waals surface area contributed by atoms with Crippen molar-refractivity contribution < 1.29 is 9.53 Å². The third-order valence-electron chi connectivity index (χ3n) is 3.44. The van der Waals surface area contributed by atoms with E-state index in [4.69, 9.17) is 10.5 Å². The van der Waals surface area contributed by atoms with E-state index in [1.165, 1.54) is 7.11 Å². The lowest BCUT2D eigenvalue weighted by Gasteiger charge is -2.26. The molecule has 0 spiro atoms. The number of nitrogens with one attached hydrogen (secondary N) is 1. The summed E-state index contributed by atoms with van der Waals surface area (Å²) in [6.07, 6.45) is 1.03. The summed E-state index contributed by atoms with van der Waals surface area (Å²) in [6, 6.07) is 5.37. The number of carbonyl (C=O) groups is 1. The van der Waals surface area contributed by atoms with Crippen LogP contribution in [-0.2, 0) is 0 Å². The third kappa shape index (κ3) is 5.27. The van der Waals surface area contributed by atoms with Gasteiger partial charge in [0.1, 0.15) is 5.75 Å². The maximum Gasteiger partial charge on any atom is 0.255 e. The van der Waals surface area contributed by atoms with Crippen molar-refractivity contribution >= 4 is 11.6 Å². The van der Waals surface area contributed by atoms with Crippen LogP contribution in [0.5, 0.6) is 5.75 Å². The van der Waals surface area contributed by atoms with E-state index < -0.39 is 0 Å². The lowest BCUT2D eigenvalue weighted by Crippen LogP contribution is -2.41. The first-order valence-corrected chi connectivity index (χ1v) is 7.23. The number of anilines is 1. The van der Waals surface area contributed by atoms with Crippen LogP contribution in [0.1, 0.15) is 30.6 Å². The second kappa shape index (κ2) is 7.88. The molecule has 1 atom stereocenters. The monoisotopic (exact) mass is 293 g/mol. The van der Waals surface area contributed by atoms with Crippen molar-refractivity contribution in [3.05, 3.63) is 23.8 Å². The van der Waals surface area contributed by atoms with Gasteiger partial charge in [0.05, 0.1) is 12.7 Å². The molecule has 5 nitrogen and oxygen atoms in total. The van der Waals surface area contributed by atoms with Crippen LogP contribution in [0.25, 0.3) is 0 Å². The first-order chi connectivity index (χ1) is 9.85. The van der Waals surface area contributed by atoms with Crippen molar-refractivity contribution in [2.75, 3.05) is 33.5 Å². The SMILES string of the molecule is COc1cc(N)ccc1C(=O)NCC(CC(C)C)N(C)C. The average Bonchev–Trinajstić information content (AvgIpc) is 2.42. The molecule has 0 fully saturated rings. The topological polar surface area (TPSA) is 67.6 Å². The highest BCUT2D eigenvalue weighted by Gasteiger charge is 2.17. The fraction of sp³-hybridized carbons (Fsp3) is 0.562. The van der Waals surface area contributed by atoms with Gasteiger partial charge in [0.2, 0.25) is 0 Å². The number of likely N-dealkylation sites (N-methyl/N-ethyl adjacent to an activating group) is 1. The molecule has 1 amide bonds. The second-order valence-electron chi connectivity index (χ2n) is 5.92. The standard InChI is InChI=1S/C16H27N3O2/c1-11(2)8-13(19(3)4)10-18-16(20)14-7-6-12(17)9-15(14)21-5/h6-7,9,11,13H,8,10,17H2,1-5H3,(H,18,20). The number of amides is 1. The Kier molecular flexibility index (Phi) is 6.49. The van der Waals surface area contributed by atoms with Gasteiger partial charge in [-0.25, -0.2) is 0 Å². The van der Waals surface area contributed by atoms with Crippen molar-refractivity contribution in [2.24, 2.45) is 5.92 Å². The Labute approximate surface area is 127 Å². The van der Waals surface area contributed by atoms with Crippen LogP contribution in [0.15, 0.2) is 18.2 Å². The van der Waals surface area contributed by atoms with E-state index in [9.17, 15) is 4.79 Å². The fourth-order valence-corrected chi connectivity index (χ4v) is 2.22. The Bertz CT molecular complexity index is 473. The molecular formula is C16H27N3O2. The van der Waals surface area contributed by atoms with Gasteiger partial charge >= 0.3 is 0 Å². The second-order valence-corrected chi connectivity index (χ2v) is 5.92. The molecule has 0 aromatic heterocycles. The van der Waals surface area contributed by atoms with Crippen LogP contribution in [0.2, 0.25) is 0 Å². The number of hydrogen-bond acceptors (Lipinski definition) is 4. The number of hydrogen-bond donors (Lipinski definition) is 2. The van der Waals surface area contributed by atoms with E-state index in [0.717, 1.165) is 6.42 Å². The molecule has 1 rings (SSSR count). The predicted octanol–water partition coefficient (Wildman–Crippen LogP) is 1.98. The van der Waals surface area contributed by atoms with Gasteiger partial charge in [-0.3, -0.25) is 4.79 Å². The van der Waals surface area contributed by atoms with Gasteiger partial charge in [0.15, 0.2) is 0 Å². The van der Waals surface area contributed by atoms with Gasteiger partial charge < -0.3 is 20.7 Å². The van der Waals surface area contributed by atoms with E-state index in [-0.39, 0.29) is 5.91 Å². The number of benzene rings is 1. The minimum absolute atomic E-state index is 0.137. The summed E-state index contributed by atoms with van der Waals surface area (Å²) in [5.74, 6) is 0.945. The first kappa shape index (κ1) is 17.3. The highest BCUT2D eigenvalue weighted by atomic mass is 16.5. The minimum Gasteiger partial charge on any atom is -0.496 e. The molecule has 1 aromatic rings. The quantitative estimate of drug-likeness (QED) is 0.754. The molecule has 0 aliphatic rings. The number of carbonyl (C=O) groups excluding carboxylic acids is 1. The summed E-state index contributed by atoms with van der Waals surface area (Å²) >= 11 is 0. The third-order valence-corrected chi connectivity index (χ3v) is 3.44. The van der Waals surface area contributed by atoms with Crippen LogP contribution in [-0.4, -0.2) is 44.6 Å². The highest BCUT2D eigenvalue weighted by molar-refractivity contribution is 5.97. The molecule has 0 radical (unpaired) electrons. The molecule has 0 bridgehead atoms. The summed E-state index contributed by atoms with van der Waals surface area (Å²) < 4.78 is 5.21. The molecule has 1 aromatic carbocycles. The Morgan fingerprint density at radius 2 is 2.05 bits per heavy atom.